The standard InChI is InChI=1S/C24H21FN2O3/c1-30-22-5-3-2-4-18(22)14-26-24(29)17-8-11-21-19(12-17)13-23(28)27(21)15-16-6-9-20(25)10-7-16/h2-12H,13-15H2,1H3,(H,26,29). The summed E-state index contributed by atoms with van der Waals surface area (Å²) in [6.07, 6.45) is 0.240. The molecule has 0 radical (unpaired) electrons. The molecule has 0 saturated carbocycles. The van der Waals surface area contributed by atoms with E-state index >= 15 is 0 Å². The normalized spacial score (nSPS) is 12.6. The molecule has 2 amide bonds. The molecule has 30 heavy (non-hydrogen) atoms. The molecule has 4 rings (SSSR count). The second-order valence-corrected chi connectivity index (χ2v) is 7.12. The van der Waals surface area contributed by atoms with E-state index in [1.54, 1.807) is 42.3 Å². The van der Waals surface area contributed by atoms with Crippen LogP contribution in [-0.4, -0.2) is 18.9 Å². The number of fused-ring (bicyclic) bond motifs is 1. The number of carbonyl (C=O) groups is 2. The van der Waals surface area contributed by atoms with E-state index in [4.69, 9.17) is 4.74 Å². The summed E-state index contributed by atoms with van der Waals surface area (Å²) in [6.45, 7) is 0.709. The highest BCUT2D eigenvalue weighted by Gasteiger charge is 2.28. The van der Waals surface area contributed by atoms with Gasteiger partial charge in [0.15, 0.2) is 0 Å². The molecular formula is C24H21FN2O3. The Balaban J connectivity index is 1.47. The molecule has 0 aromatic heterocycles. The van der Waals surface area contributed by atoms with Crippen molar-refractivity contribution in [2.24, 2.45) is 0 Å². The highest BCUT2D eigenvalue weighted by atomic mass is 19.1. The number of para-hydroxylation sites is 1. The van der Waals surface area contributed by atoms with Gasteiger partial charge in [-0.05, 0) is 47.5 Å². The molecule has 1 aliphatic rings. The maximum absolute atomic E-state index is 13.1. The molecule has 0 atom stereocenters. The molecule has 0 aliphatic carbocycles. The zero-order valence-electron chi connectivity index (χ0n) is 16.5. The molecular weight excluding hydrogens is 383 g/mol. The minimum Gasteiger partial charge on any atom is -0.496 e. The van der Waals surface area contributed by atoms with Crippen molar-refractivity contribution >= 4 is 17.5 Å². The molecule has 1 heterocycles. The van der Waals surface area contributed by atoms with Gasteiger partial charge < -0.3 is 15.0 Å². The quantitative estimate of drug-likeness (QED) is 0.679. The fraction of sp³-hybridized carbons (Fsp3) is 0.167. The van der Waals surface area contributed by atoms with Crippen molar-refractivity contribution in [3.63, 3.8) is 0 Å². The van der Waals surface area contributed by atoms with Crippen LogP contribution in [0.4, 0.5) is 10.1 Å². The van der Waals surface area contributed by atoms with Gasteiger partial charge in [0.2, 0.25) is 5.91 Å². The third-order valence-electron chi connectivity index (χ3n) is 5.16. The lowest BCUT2D eigenvalue weighted by Gasteiger charge is -2.18. The van der Waals surface area contributed by atoms with Gasteiger partial charge in [-0.1, -0.05) is 30.3 Å². The van der Waals surface area contributed by atoms with E-state index in [1.807, 2.05) is 24.3 Å². The minimum atomic E-state index is -0.310. The first-order chi connectivity index (χ1) is 14.5. The van der Waals surface area contributed by atoms with Gasteiger partial charge >= 0.3 is 0 Å². The molecule has 0 saturated heterocycles. The molecule has 1 aliphatic heterocycles. The van der Waals surface area contributed by atoms with Crippen molar-refractivity contribution in [2.75, 3.05) is 12.0 Å². The van der Waals surface area contributed by atoms with Gasteiger partial charge in [0.05, 0.1) is 20.1 Å². The van der Waals surface area contributed by atoms with E-state index in [1.165, 1.54) is 12.1 Å². The molecule has 1 N–H and O–H groups in total. The Labute approximate surface area is 174 Å². The van der Waals surface area contributed by atoms with Crippen molar-refractivity contribution in [1.29, 1.82) is 0 Å². The average Bonchev–Trinajstić information content (AvgIpc) is 3.08. The Morgan fingerprint density at radius 1 is 1.10 bits per heavy atom. The van der Waals surface area contributed by atoms with Gasteiger partial charge in [0, 0.05) is 23.4 Å². The van der Waals surface area contributed by atoms with Gasteiger partial charge in [0.25, 0.3) is 5.91 Å². The zero-order chi connectivity index (χ0) is 21.1. The van der Waals surface area contributed by atoms with E-state index in [0.29, 0.717) is 24.4 Å². The molecule has 6 heteroatoms. The molecule has 152 valence electrons. The lowest BCUT2D eigenvalue weighted by atomic mass is 10.1. The Hall–Kier alpha value is -3.67. The monoisotopic (exact) mass is 404 g/mol. The van der Waals surface area contributed by atoms with E-state index < -0.39 is 0 Å². The second-order valence-electron chi connectivity index (χ2n) is 7.12. The Morgan fingerprint density at radius 2 is 1.87 bits per heavy atom. The third-order valence-corrected chi connectivity index (χ3v) is 5.16. The largest absolute Gasteiger partial charge is 0.496 e. The number of hydrogen-bond acceptors (Lipinski definition) is 3. The highest BCUT2D eigenvalue weighted by molar-refractivity contribution is 6.03. The number of nitrogens with one attached hydrogen (secondary N) is 1. The van der Waals surface area contributed by atoms with Gasteiger partial charge in [-0.15, -0.1) is 0 Å². The first-order valence-electron chi connectivity index (χ1n) is 9.63. The van der Waals surface area contributed by atoms with Gasteiger partial charge in [-0.3, -0.25) is 9.59 Å². The number of amides is 2. The molecule has 0 fully saturated rings. The molecule has 0 spiro atoms. The van der Waals surface area contributed by atoms with Crippen molar-refractivity contribution in [3.8, 4) is 5.75 Å². The Kier molecular flexibility index (Phi) is 5.48. The van der Waals surface area contributed by atoms with Gasteiger partial charge in [-0.2, -0.15) is 0 Å². The Bertz CT molecular complexity index is 1100. The number of hydrogen-bond donors (Lipinski definition) is 1. The number of rotatable bonds is 6. The number of ether oxygens (including phenoxy) is 1. The maximum Gasteiger partial charge on any atom is 0.251 e. The number of nitrogens with zero attached hydrogens (tertiary/aromatic N) is 1. The Morgan fingerprint density at radius 3 is 2.63 bits per heavy atom. The van der Waals surface area contributed by atoms with Gasteiger partial charge in [-0.25, -0.2) is 4.39 Å². The minimum absolute atomic E-state index is 0.0408. The highest BCUT2D eigenvalue weighted by Crippen LogP contribution is 2.31. The van der Waals surface area contributed by atoms with Crippen LogP contribution >= 0.6 is 0 Å². The summed E-state index contributed by atoms with van der Waals surface area (Å²) in [4.78, 5) is 26.8. The molecule has 0 bridgehead atoms. The molecule has 3 aromatic rings. The van der Waals surface area contributed by atoms with Crippen LogP contribution in [0.1, 0.15) is 27.0 Å². The van der Waals surface area contributed by atoms with Crippen molar-refractivity contribution in [3.05, 3.63) is 94.8 Å². The van der Waals surface area contributed by atoms with E-state index in [-0.39, 0.29) is 24.1 Å². The summed E-state index contributed by atoms with van der Waals surface area (Å²) in [5, 5.41) is 2.90. The smallest absolute Gasteiger partial charge is 0.251 e. The summed E-state index contributed by atoms with van der Waals surface area (Å²) in [5.41, 5.74) is 3.82. The van der Waals surface area contributed by atoms with Crippen molar-refractivity contribution in [1.82, 2.24) is 5.32 Å². The SMILES string of the molecule is COc1ccccc1CNC(=O)c1ccc2c(c1)CC(=O)N2Cc1ccc(F)cc1. The van der Waals surface area contributed by atoms with Gasteiger partial charge in [0.1, 0.15) is 11.6 Å². The number of methoxy groups -OCH3 is 1. The first kappa shape index (κ1) is 19.6. The second kappa shape index (κ2) is 8.37. The number of anilines is 1. The molecule has 0 unspecified atom stereocenters. The van der Waals surface area contributed by atoms with Crippen LogP contribution in [0.2, 0.25) is 0 Å². The van der Waals surface area contributed by atoms with Crippen LogP contribution in [0.3, 0.4) is 0 Å². The topological polar surface area (TPSA) is 58.6 Å². The van der Waals surface area contributed by atoms with E-state index in [9.17, 15) is 14.0 Å². The van der Waals surface area contributed by atoms with E-state index in [0.717, 1.165) is 22.4 Å². The molecule has 5 nitrogen and oxygen atoms in total. The fourth-order valence-electron chi connectivity index (χ4n) is 3.60. The van der Waals surface area contributed by atoms with Crippen LogP contribution in [0.15, 0.2) is 66.7 Å². The van der Waals surface area contributed by atoms with Crippen LogP contribution in [0, 0.1) is 5.82 Å². The first-order valence-corrected chi connectivity index (χ1v) is 9.63. The van der Waals surface area contributed by atoms with Crippen LogP contribution in [-0.2, 0) is 24.3 Å². The van der Waals surface area contributed by atoms with E-state index in [2.05, 4.69) is 5.32 Å². The van der Waals surface area contributed by atoms with Crippen LogP contribution < -0.4 is 15.0 Å². The number of halogens is 1. The summed E-state index contributed by atoms with van der Waals surface area (Å²) >= 11 is 0. The lowest BCUT2D eigenvalue weighted by Crippen LogP contribution is -2.26. The van der Waals surface area contributed by atoms with Crippen molar-refractivity contribution in [2.45, 2.75) is 19.5 Å². The summed E-state index contributed by atoms with van der Waals surface area (Å²) in [5.74, 6) is 0.151. The zero-order valence-corrected chi connectivity index (χ0v) is 16.5. The van der Waals surface area contributed by atoms with Crippen LogP contribution in [0.25, 0.3) is 0 Å². The summed E-state index contributed by atoms with van der Waals surface area (Å²) < 4.78 is 18.4. The third kappa shape index (κ3) is 4.03. The summed E-state index contributed by atoms with van der Waals surface area (Å²) in [6, 6.07) is 18.9. The van der Waals surface area contributed by atoms with Crippen molar-refractivity contribution < 1.29 is 18.7 Å². The maximum atomic E-state index is 13.1. The molecule has 3 aromatic carbocycles. The fourth-order valence-corrected chi connectivity index (χ4v) is 3.60. The number of benzene rings is 3. The average molecular weight is 404 g/mol. The predicted molar refractivity (Wildman–Crippen MR) is 112 cm³/mol. The lowest BCUT2D eigenvalue weighted by molar-refractivity contribution is -0.117. The predicted octanol–water partition coefficient (Wildman–Crippen LogP) is 3.85. The number of carbonyl (C=O) groups excluding carboxylic acids is 2. The van der Waals surface area contributed by atoms with Crippen LogP contribution in [0.5, 0.6) is 5.75 Å². The summed E-state index contributed by atoms with van der Waals surface area (Å²) in [7, 11) is 1.59.